The Hall–Kier alpha value is -0.930. The van der Waals surface area contributed by atoms with E-state index in [9.17, 15) is 4.79 Å². The number of nitrogens with one attached hydrogen (secondary N) is 1. The van der Waals surface area contributed by atoms with Crippen molar-refractivity contribution in [2.75, 3.05) is 5.32 Å². The highest BCUT2D eigenvalue weighted by molar-refractivity contribution is 6.44. The van der Waals surface area contributed by atoms with Gasteiger partial charge in [-0.3, -0.25) is 4.79 Å². The number of halogens is 4. The molecule has 1 N–H and O–H groups in total. The van der Waals surface area contributed by atoms with E-state index in [4.69, 9.17) is 46.4 Å². The van der Waals surface area contributed by atoms with Crippen molar-refractivity contribution >= 4 is 58.0 Å². The lowest BCUT2D eigenvalue weighted by Crippen LogP contribution is -2.14. The molecule has 0 bridgehead atoms. The molecule has 0 unspecified atom stereocenters. The Morgan fingerprint density at radius 3 is 2.15 bits per heavy atom. The van der Waals surface area contributed by atoms with E-state index in [2.05, 4.69) is 5.32 Å². The molecule has 1 amide bonds. The van der Waals surface area contributed by atoms with Crippen LogP contribution in [0.5, 0.6) is 0 Å². The van der Waals surface area contributed by atoms with Crippen LogP contribution >= 0.6 is 46.4 Å². The average Bonchev–Trinajstić information content (AvgIpc) is 2.39. The van der Waals surface area contributed by atoms with Crippen LogP contribution in [0.3, 0.4) is 0 Å². The van der Waals surface area contributed by atoms with Gasteiger partial charge in [-0.05, 0) is 29.8 Å². The Morgan fingerprint density at radius 1 is 0.900 bits per heavy atom. The Kier molecular flexibility index (Phi) is 5.17. The van der Waals surface area contributed by atoms with E-state index in [1.165, 1.54) is 12.1 Å². The first-order valence-electron chi connectivity index (χ1n) is 5.64. The van der Waals surface area contributed by atoms with Crippen molar-refractivity contribution in [3.8, 4) is 0 Å². The van der Waals surface area contributed by atoms with E-state index in [0.29, 0.717) is 25.8 Å². The summed E-state index contributed by atoms with van der Waals surface area (Å²) in [4.78, 5) is 11.9. The third kappa shape index (κ3) is 4.03. The van der Waals surface area contributed by atoms with Crippen LogP contribution < -0.4 is 5.32 Å². The number of hydrogen-bond acceptors (Lipinski definition) is 1. The first-order chi connectivity index (χ1) is 9.45. The number of benzene rings is 2. The van der Waals surface area contributed by atoms with Crippen LogP contribution in [0.1, 0.15) is 5.56 Å². The number of hydrogen-bond donors (Lipinski definition) is 1. The minimum Gasteiger partial charge on any atom is -0.324 e. The van der Waals surface area contributed by atoms with Crippen LogP contribution in [0.2, 0.25) is 20.1 Å². The van der Waals surface area contributed by atoms with E-state index >= 15 is 0 Å². The van der Waals surface area contributed by atoms with Crippen molar-refractivity contribution in [1.29, 1.82) is 0 Å². The molecule has 0 radical (unpaired) electrons. The molecule has 0 atom stereocenters. The van der Waals surface area contributed by atoms with Gasteiger partial charge in [0, 0.05) is 5.02 Å². The summed E-state index contributed by atoms with van der Waals surface area (Å²) in [6.45, 7) is 0. The predicted molar refractivity (Wildman–Crippen MR) is 85.3 cm³/mol. The summed E-state index contributed by atoms with van der Waals surface area (Å²) < 4.78 is 0. The highest BCUT2D eigenvalue weighted by atomic mass is 35.5. The van der Waals surface area contributed by atoms with Gasteiger partial charge in [0.05, 0.1) is 27.2 Å². The van der Waals surface area contributed by atoms with Gasteiger partial charge in [-0.15, -0.1) is 0 Å². The quantitative estimate of drug-likeness (QED) is 0.731. The van der Waals surface area contributed by atoms with Gasteiger partial charge in [0.1, 0.15) is 0 Å². The molecule has 6 heteroatoms. The Balaban J connectivity index is 2.08. The van der Waals surface area contributed by atoms with Gasteiger partial charge in [-0.2, -0.15) is 0 Å². The van der Waals surface area contributed by atoms with Crippen molar-refractivity contribution in [3.05, 3.63) is 62.1 Å². The Morgan fingerprint density at radius 2 is 1.50 bits per heavy atom. The molecule has 0 aromatic heterocycles. The van der Waals surface area contributed by atoms with E-state index in [0.717, 1.165) is 5.56 Å². The maximum atomic E-state index is 11.9. The van der Waals surface area contributed by atoms with Gasteiger partial charge in [0.15, 0.2) is 0 Å². The molecule has 2 nitrogen and oxygen atoms in total. The van der Waals surface area contributed by atoms with Crippen LogP contribution in [0.4, 0.5) is 5.69 Å². The molecule has 104 valence electrons. The normalized spacial score (nSPS) is 10.4. The van der Waals surface area contributed by atoms with E-state index in [-0.39, 0.29) is 12.3 Å². The minimum atomic E-state index is -0.201. The number of anilines is 1. The molecule has 0 aliphatic heterocycles. The summed E-state index contributed by atoms with van der Waals surface area (Å²) in [6, 6.07) is 10.1. The van der Waals surface area contributed by atoms with Crippen molar-refractivity contribution in [1.82, 2.24) is 0 Å². The molecule has 0 fully saturated rings. The fraction of sp³-hybridized carbons (Fsp3) is 0.0714. The van der Waals surface area contributed by atoms with Crippen molar-refractivity contribution in [3.63, 3.8) is 0 Å². The minimum absolute atomic E-state index is 0.201. The van der Waals surface area contributed by atoms with Crippen LogP contribution in [0, 0.1) is 0 Å². The summed E-state index contributed by atoms with van der Waals surface area (Å²) in [6.07, 6.45) is 0.216. The predicted octanol–water partition coefficient (Wildman–Crippen LogP) is 5.48. The zero-order chi connectivity index (χ0) is 14.7. The van der Waals surface area contributed by atoms with Crippen molar-refractivity contribution < 1.29 is 4.79 Å². The maximum absolute atomic E-state index is 11.9. The molecule has 0 aliphatic carbocycles. The van der Waals surface area contributed by atoms with Crippen molar-refractivity contribution in [2.45, 2.75) is 6.42 Å². The number of rotatable bonds is 3. The Labute approximate surface area is 136 Å². The largest absolute Gasteiger partial charge is 0.324 e. The lowest BCUT2D eigenvalue weighted by molar-refractivity contribution is -0.115. The molecule has 0 heterocycles. The van der Waals surface area contributed by atoms with Gasteiger partial charge >= 0.3 is 0 Å². The van der Waals surface area contributed by atoms with E-state index < -0.39 is 0 Å². The van der Waals surface area contributed by atoms with E-state index in [1.807, 2.05) is 0 Å². The van der Waals surface area contributed by atoms with E-state index in [1.54, 1.807) is 24.3 Å². The van der Waals surface area contributed by atoms with Crippen LogP contribution in [-0.4, -0.2) is 5.91 Å². The molecule has 2 rings (SSSR count). The third-order valence-corrected chi connectivity index (χ3v) is 3.85. The first kappa shape index (κ1) is 15.5. The molecule has 0 spiro atoms. The van der Waals surface area contributed by atoms with Gasteiger partial charge in [-0.1, -0.05) is 58.5 Å². The van der Waals surface area contributed by atoms with Crippen LogP contribution in [0.15, 0.2) is 36.4 Å². The van der Waals surface area contributed by atoms with Crippen molar-refractivity contribution in [2.24, 2.45) is 0 Å². The smallest absolute Gasteiger partial charge is 0.228 e. The summed E-state index contributed by atoms with van der Waals surface area (Å²) in [5.74, 6) is -0.201. The van der Waals surface area contributed by atoms with Crippen LogP contribution in [-0.2, 0) is 11.2 Å². The van der Waals surface area contributed by atoms with Gasteiger partial charge in [-0.25, -0.2) is 0 Å². The monoisotopic (exact) mass is 347 g/mol. The zero-order valence-corrected chi connectivity index (χ0v) is 13.1. The highest BCUT2D eigenvalue weighted by Gasteiger charge is 2.10. The SMILES string of the molecule is O=C(Cc1ccc(Cl)cc1)Nc1cc(Cl)c(Cl)cc1Cl. The molecule has 2 aromatic carbocycles. The summed E-state index contributed by atoms with van der Waals surface area (Å²) in [5, 5.41) is 4.33. The number of amides is 1. The first-order valence-corrected chi connectivity index (χ1v) is 7.16. The second-order valence-corrected chi connectivity index (χ2v) is 5.76. The lowest BCUT2D eigenvalue weighted by atomic mass is 10.1. The molecule has 0 aliphatic rings. The summed E-state index contributed by atoms with van der Waals surface area (Å²) in [7, 11) is 0. The maximum Gasteiger partial charge on any atom is 0.228 e. The molecular weight excluding hydrogens is 340 g/mol. The average molecular weight is 349 g/mol. The zero-order valence-electron chi connectivity index (χ0n) is 10.1. The standard InChI is InChI=1S/C14H9Cl4NO/c15-9-3-1-8(2-4-9)5-14(20)19-13-7-11(17)10(16)6-12(13)18/h1-4,6-7H,5H2,(H,19,20). The lowest BCUT2D eigenvalue weighted by Gasteiger charge is -2.09. The second-order valence-electron chi connectivity index (χ2n) is 4.10. The van der Waals surface area contributed by atoms with Gasteiger partial charge in [0.2, 0.25) is 5.91 Å². The fourth-order valence-electron chi connectivity index (χ4n) is 1.60. The van der Waals surface area contributed by atoms with Gasteiger partial charge < -0.3 is 5.32 Å². The van der Waals surface area contributed by atoms with Crippen LogP contribution in [0.25, 0.3) is 0 Å². The fourth-order valence-corrected chi connectivity index (χ4v) is 2.32. The topological polar surface area (TPSA) is 29.1 Å². The third-order valence-electron chi connectivity index (χ3n) is 2.56. The Bertz CT molecular complexity index is 640. The second kappa shape index (κ2) is 6.68. The molecule has 2 aromatic rings. The van der Waals surface area contributed by atoms with Gasteiger partial charge in [0.25, 0.3) is 0 Å². The molecule has 0 saturated heterocycles. The summed E-state index contributed by atoms with van der Waals surface area (Å²) in [5.41, 5.74) is 1.28. The molecule has 20 heavy (non-hydrogen) atoms. The number of carbonyl (C=O) groups is 1. The summed E-state index contributed by atoms with van der Waals surface area (Å²) >= 11 is 23.5. The number of carbonyl (C=O) groups excluding carboxylic acids is 1. The highest BCUT2D eigenvalue weighted by Crippen LogP contribution is 2.32. The molecular formula is C14H9Cl4NO. The molecule has 0 saturated carbocycles.